The summed E-state index contributed by atoms with van der Waals surface area (Å²) in [5.74, 6) is -0.0835. The summed E-state index contributed by atoms with van der Waals surface area (Å²) in [6, 6.07) is 12.0. The summed E-state index contributed by atoms with van der Waals surface area (Å²) in [7, 11) is 0. The number of nitrogens with zero attached hydrogens (tertiary/aromatic N) is 1. The second-order valence-electron chi connectivity index (χ2n) is 7.41. The Kier molecular flexibility index (Phi) is 4.94. The number of rotatable bonds is 5. The Morgan fingerprint density at radius 3 is 2.93 bits per heavy atom. The van der Waals surface area contributed by atoms with Crippen molar-refractivity contribution in [3.05, 3.63) is 53.1 Å². The van der Waals surface area contributed by atoms with Crippen molar-refractivity contribution in [2.75, 3.05) is 23.4 Å². The van der Waals surface area contributed by atoms with Crippen molar-refractivity contribution in [1.82, 2.24) is 0 Å². The first-order chi connectivity index (χ1) is 13.5. The van der Waals surface area contributed by atoms with Gasteiger partial charge in [-0.1, -0.05) is 24.3 Å². The van der Waals surface area contributed by atoms with Crippen LogP contribution in [0.2, 0.25) is 0 Å². The number of hydrogen-bond acceptors (Lipinski definition) is 4. The number of carboxylic acids is 1. The number of nitrogens with one attached hydrogen (secondary N) is 1. The molecule has 4 rings (SSSR count). The number of aliphatic carboxylic acids is 1. The molecular formula is C22H24N2O4. The molecule has 2 aliphatic rings. The second-order valence-corrected chi connectivity index (χ2v) is 7.41. The molecule has 1 atom stereocenters. The van der Waals surface area contributed by atoms with Crippen LogP contribution in [0.3, 0.4) is 0 Å². The monoisotopic (exact) mass is 380 g/mol. The quantitative estimate of drug-likeness (QED) is 0.829. The number of ether oxygens (including phenoxy) is 1. The Morgan fingerprint density at radius 2 is 2.14 bits per heavy atom. The Labute approximate surface area is 164 Å². The third kappa shape index (κ3) is 3.54. The standard InChI is InChI=1S/C22H24N2O4/c1-14(25)24-9-3-6-15-4-2-5-16(22(15)24)12-23-18-7-8-19-17(10-21(26)27)13-28-20(19)11-18/h2,4-5,7-8,11,17,23H,3,6,9-10,12-13H2,1H3,(H,26,27). The molecule has 6 nitrogen and oxygen atoms in total. The number of anilines is 2. The maximum absolute atomic E-state index is 12.1. The minimum Gasteiger partial charge on any atom is -0.493 e. The molecule has 6 heteroatoms. The lowest BCUT2D eigenvalue weighted by molar-refractivity contribution is -0.137. The van der Waals surface area contributed by atoms with Gasteiger partial charge in [-0.25, -0.2) is 0 Å². The number of para-hydroxylation sites is 1. The number of benzene rings is 2. The minimum atomic E-state index is -0.812. The van der Waals surface area contributed by atoms with Crippen molar-refractivity contribution >= 4 is 23.3 Å². The molecule has 2 aliphatic heterocycles. The molecule has 1 amide bonds. The SMILES string of the molecule is CC(=O)N1CCCc2cccc(CNc3ccc4c(c3)OCC4CC(=O)O)c21. The van der Waals surface area contributed by atoms with Crippen molar-refractivity contribution in [3.8, 4) is 5.75 Å². The highest BCUT2D eigenvalue weighted by Gasteiger charge is 2.27. The molecule has 0 aromatic heterocycles. The van der Waals surface area contributed by atoms with E-state index >= 15 is 0 Å². The molecule has 2 heterocycles. The molecule has 2 aromatic rings. The van der Waals surface area contributed by atoms with E-state index in [1.807, 2.05) is 29.2 Å². The van der Waals surface area contributed by atoms with E-state index in [2.05, 4.69) is 17.4 Å². The van der Waals surface area contributed by atoms with Crippen molar-refractivity contribution in [3.63, 3.8) is 0 Å². The van der Waals surface area contributed by atoms with Gasteiger partial charge in [0.2, 0.25) is 5.91 Å². The average Bonchev–Trinajstić information content (AvgIpc) is 3.07. The van der Waals surface area contributed by atoms with E-state index in [4.69, 9.17) is 9.84 Å². The van der Waals surface area contributed by atoms with E-state index in [0.29, 0.717) is 13.2 Å². The molecule has 0 aliphatic carbocycles. The molecule has 28 heavy (non-hydrogen) atoms. The molecule has 0 spiro atoms. The summed E-state index contributed by atoms with van der Waals surface area (Å²) >= 11 is 0. The summed E-state index contributed by atoms with van der Waals surface area (Å²) in [4.78, 5) is 24.9. The molecule has 2 aromatic carbocycles. The fraction of sp³-hybridized carbons (Fsp3) is 0.364. The predicted octanol–water partition coefficient (Wildman–Crippen LogP) is 3.55. The molecular weight excluding hydrogens is 356 g/mol. The van der Waals surface area contributed by atoms with Crippen molar-refractivity contribution in [2.24, 2.45) is 0 Å². The summed E-state index contributed by atoms with van der Waals surface area (Å²) in [6.07, 6.45) is 2.06. The largest absolute Gasteiger partial charge is 0.493 e. The van der Waals surface area contributed by atoms with E-state index in [-0.39, 0.29) is 18.2 Å². The highest BCUT2D eigenvalue weighted by atomic mass is 16.5. The number of carbonyl (C=O) groups is 2. The Bertz CT molecular complexity index is 925. The van der Waals surface area contributed by atoms with Gasteiger partial charge >= 0.3 is 5.97 Å². The van der Waals surface area contributed by atoms with Gasteiger partial charge in [-0.3, -0.25) is 9.59 Å². The van der Waals surface area contributed by atoms with Crippen LogP contribution >= 0.6 is 0 Å². The summed E-state index contributed by atoms with van der Waals surface area (Å²) in [5.41, 5.74) is 5.21. The molecule has 0 radical (unpaired) electrons. The zero-order valence-electron chi connectivity index (χ0n) is 15.9. The van der Waals surface area contributed by atoms with Gasteiger partial charge in [-0.15, -0.1) is 0 Å². The fourth-order valence-electron chi connectivity index (χ4n) is 4.15. The molecule has 146 valence electrons. The van der Waals surface area contributed by atoms with Crippen LogP contribution in [0.4, 0.5) is 11.4 Å². The first-order valence-electron chi connectivity index (χ1n) is 9.64. The van der Waals surface area contributed by atoms with E-state index in [9.17, 15) is 9.59 Å². The number of carbonyl (C=O) groups excluding carboxylic acids is 1. The highest BCUT2D eigenvalue weighted by Crippen LogP contribution is 2.38. The third-order valence-electron chi connectivity index (χ3n) is 5.48. The maximum Gasteiger partial charge on any atom is 0.304 e. The molecule has 0 bridgehead atoms. The van der Waals surface area contributed by atoms with Crippen LogP contribution in [-0.2, 0) is 22.6 Å². The summed E-state index contributed by atoms with van der Waals surface area (Å²) < 4.78 is 5.69. The zero-order valence-corrected chi connectivity index (χ0v) is 15.9. The van der Waals surface area contributed by atoms with Gasteiger partial charge in [0.15, 0.2) is 0 Å². The minimum absolute atomic E-state index is 0.0730. The Hall–Kier alpha value is -3.02. The maximum atomic E-state index is 12.1. The smallest absolute Gasteiger partial charge is 0.304 e. The third-order valence-corrected chi connectivity index (χ3v) is 5.48. The number of fused-ring (bicyclic) bond motifs is 2. The fourth-order valence-corrected chi connectivity index (χ4v) is 4.15. The van der Waals surface area contributed by atoms with E-state index in [1.165, 1.54) is 5.56 Å². The molecule has 0 saturated heterocycles. The Morgan fingerprint density at radius 1 is 1.29 bits per heavy atom. The van der Waals surface area contributed by atoms with Crippen LogP contribution < -0.4 is 15.0 Å². The summed E-state index contributed by atoms with van der Waals surface area (Å²) in [5, 5.41) is 12.4. The van der Waals surface area contributed by atoms with Gasteiger partial charge in [0.25, 0.3) is 0 Å². The van der Waals surface area contributed by atoms with Gasteiger partial charge in [-0.2, -0.15) is 0 Å². The van der Waals surface area contributed by atoms with Crippen molar-refractivity contribution in [1.29, 1.82) is 0 Å². The highest BCUT2D eigenvalue weighted by molar-refractivity contribution is 5.93. The lowest BCUT2D eigenvalue weighted by Gasteiger charge is -2.31. The van der Waals surface area contributed by atoms with Gasteiger partial charge in [0, 0.05) is 43.2 Å². The van der Waals surface area contributed by atoms with Crippen LogP contribution in [0.25, 0.3) is 0 Å². The lowest BCUT2D eigenvalue weighted by Crippen LogP contribution is -2.34. The topological polar surface area (TPSA) is 78.9 Å². The van der Waals surface area contributed by atoms with Crippen molar-refractivity contribution < 1.29 is 19.4 Å². The lowest BCUT2D eigenvalue weighted by atomic mass is 9.97. The van der Waals surface area contributed by atoms with Crippen molar-refractivity contribution in [2.45, 2.75) is 38.6 Å². The van der Waals surface area contributed by atoms with E-state index in [1.54, 1.807) is 6.92 Å². The van der Waals surface area contributed by atoms with Crippen LogP contribution in [0.15, 0.2) is 36.4 Å². The second kappa shape index (κ2) is 7.54. The van der Waals surface area contributed by atoms with Gasteiger partial charge in [0.05, 0.1) is 18.7 Å². The number of carboxylic acid groups (broad SMARTS) is 1. The molecule has 2 N–H and O–H groups in total. The number of amides is 1. The van der Waals surface area contributed by atoms with Crippen LogP contribution in [0.1, 0.15) is 42.4 Å². The van der Waals surface area contributed by atoms with E-state index in [0.717, 1.165) is 47.6 Å². The predicted molar refractivity (Wildman–Crippen MR) is 107 cm³/mol. The van der Waals surface area contributed by atoms with Crippen LogP contribution in [0.5, 0.6) is 5.75 Å². The zero-order chi connectivity index (χ0) is 19.7. The number of hydrogen-bond donors (Lipinski definition) is 2. The molecule has 0 fully saturated rings. The van der Waals surface area contributed by atoms with Gasteiger partial charge in [0.1, 0.15) is 5.75 Å². The van der Waals surface area contributed by atoms with Crippen LogP contribution in [0, 0.1) is 0 Å². The van der Waals surface area contributed by atoms with Gasteiger partial charge < -0.3 is 20.1 Å². The molecule has 1 unspecified atom stereocenters. The normalized spacial score (nSPS) is 17.5. The number of aryl methyl sites for hydroxylation is 1. The summed E-state index contributed by atoms with van der Waals surface area (Å²) in [6.45, 7) is 3.39. The average molecular weight is 380 g/mol. The first-order valence-corrected chi connectivity index (χ1v) is 9.64. The molecule has 0 saturated carbocycles. The van der Waals surface area contributed by atoms with E-state index < -0.39 is 5.97 Å². The Balaban J connectivity index is 1.52. The first kappa shape index (κ1) is 18.3. The van der Waals surface area contributed by atoms with Crippen LogP contribution in [-0.4, -0.2) is 30.1 Å². The van der Waals surface area contributed by atoms with Gasteiger partial charge in [-0.05, 0) is 30.0 Å².